The van der Waals surface area contributed by atoms with Gasteiger partial charge in [-0.2, -0.15) is 5.10 Å². The summed E-state index contributed by atoms with van der Waals surface area (Å²) in [5, 5.41) is 14.7. The van der Waals surface area contributed by atoms with E-state index < -0.39 is 23.1 Å². The van der Waals surface area contributed by atoms with Crippen molar-refractivity contribution in [2.24, 2.45) is 5.10 Å². The summed E-state index contributed by atoms with van der Waals surface area (Å²) in [5.41, 5.74) is 3.65. The number of hydrazone groups is 1. The molecule has 12 heteroatoms. The van der Waals surface area contributed by atoms with Gasteiger partial charge >= 0.3 is 11.9 Å². The SMILES string of the molecule is C=CC(=O)OC(C)(C)CC(C)(C)Oc1ccc(C(=O)Oc2ccc(OOc3ccc(O)cc3)c(/C(C)=N/Nc3nc4ccccc4s3)c2)cc1. The number of phenols is 1. The van der Waals surface area contributed by atoms with Crippen molar-refractivity contribution in [1.29, 1.82) is 0 Å². The van der Waals surface area contributed by atoms with E-state index in [2.05, 4.69) is 22.1 Å². The summed E-state index contributed by atoms with van der Waals surface area (Å²) < 4.78 is 18.4. The number of nitrogens with zero attached hydrogens (tertiary/aromatic N) is 2. The van der Waals surface area contributed by atoms with E-state index in [9.17, 15) is 14.7 Å². The lowest BCUT2D eigenvalue weighted by Gasteiger charge is -2.34. The fourth-order valence-electron chi connectivity index (χ4n) is 5.19. The predicted octanol–water partition coefficient (Wildman–Crippen LogP) is 8.49. The number of aromatic hydroxyl groups is 1. The second-order valence-electron chi connectivity index (χ2n) is 12.5. The first kappa shape index (κ1) is 35.4. The zero-order valence-electron chi connectivity index (χ0n) is 28.3. The molecule has 0 bridgehead atoms. The Morgan fingerprint density at radius 3 is 2.28 bits per heavy atom. The van der Waals surface area contributed by atoms with Crippen LogP contribution in [-0.4, -0.2) is 38.9 Å². The van der Waals surface area contributed by atoms with E-state index in [0.29, 0.717) is 45.6 Å². The Kier molecular flexibility index (Phi) is 10.7. The molecule has 0 radical (unpaired) electrons. The van der Waals surface area contributed by atoms with Crippen LogP contribution in [0.1, 0.15) is 57.0 Å². The number of esters is 2. The zero-order chi connectivity index (χ0) is 35.9. The number of fused-ring (bicyclic) bond motifs is 1. The molecule has 0 fully saturated rings. The van der Waals surface area contributed by atoms with E-state index >= 15 is 0 Å². The highest BCUT2D eigenvalue weighted by Crippen LogP contribution is 2.31. The minimum atomic E-state index is -0.787. The van der Waals surface area contributed by atoms with Crippen molar-refractivity contribution in [1.82, 2.24) is 4.98 Å². The van der Waals surface area contributed by atoms with E-state index in [4.69, 9.17) is 24.0 Å². The van der Waals surface area contributed by atoms with Crippen LogP contribution in [0.5, 0.6) is 28.7 Å². The maximum absolute atomic E-state index is 13.2. The van der Waals surface area contributed by atoms with Gasteiger partial charge in [-0.1, -0.05) is 30.0 Å². The topological polar surface area (TPSA) is 138 Å². The number of anilines is 1. The minimum Gasteiger partial charge on any atom is -0.508 e. The van der Waals surface area contributed by atoms with Crippen molar-refractivity contribution >= 4 is 44.3 Å². The van der Waals surface area contributed by atoms with Gasteiger partial charge in [0.1, 0.15) is 28.5 Å². The second-order valence-corrected chi connectivity index (χ2v) is 13.5. The Morgan fingerprint density at radius 1 is 0.900 bits per heavy atom. The number of para-hydroxylation sites is 1. The normalized spacial score (nSPS) is 11.8. The number of nitrogens with one attached hydrogen (secondary N) is 1. The molecule has 0 saturated carbocycles. The average Bonchev–Trinajstić information content (AvgIpc) is 3.50. The Balaban J connectivity index is 1.30. The molecule has 4 aromatic carbocycles. The second kappa shape index (κ2) is 15.1. The third-order valence-corrected chi connectivity index (χ3v) is 8.05. The van der Waals surface area contributed by atoms with Gasteiger partial charge in [-0.3, -0.25) is 15.2 Å². The van der Waals surface area contributed by atoms with Crippen molar-refractivity contribution in [2.75, 3.05) is 5.43 Å². The maximum Gasteiger partial charge on any atom is 0.343 e. The number of carbonyl (C=O) groups is 2. The maximum atomic E-state index is 13.2. The molecule has 5 aromatic rings. The summed E-state index contributed by atoms with van der Waals surface area (Å²) in [6.07, 6.45) is 1.53. The summed E-state index contributed by atoms with van der Waals surface area (Å²) >= 11 is 1.46. The zero-order valence-corrected chi connectivity index (χ0v) is 29.1. The fourth-order valence-corrected chi connectivity index (χ4v) is 6.00. The Bertz CT molecular complexity index is 1990. The molecule has 0 spiro atoms. The third-order valence-electron chi connectivity index (χ3n) is 7.11. The molecule has 11 nitrogen and oxygen atoms in total. The number of ether oxygens (including phenoxy) is 3. The Labute approximate surface area is 293 Å². The molecule has 0 aliphatic heterocycles. The van der Waals surface area contributed by atoms with E-state index in [0.717, 1.165) is 16.3 Å². The van der Waals surface area contributed by atoms with Crippen LogP contribution >= 0.6 is 11.3 Å². The number of hydrogen-bond donors (Lipinski definition) is 2. The number of rotatable bonds is 14. The van der Waals surface area contributed by atoms with Crippen molar-refractivity contribution in [2.45, 2.75) is 52.2 Å². The van der Waals surface area contributed by atoms with E-state index in [-0.39, 0.29) is 11.5 Å². The lowest BCUT2D eigenvalue weighted by molar-refractivity contribution is -0.154. The summed E-state index contributed by atoms with van der Waals surface area (Å²) in [6.45, 7) is 12.6. The highest BCUT2D eigenvalue weighted by Gasteiger charge is 2.33. The molecular formula is C38H37N3O8S. The first-order valence-electron chi connectivity index (χ1n) is 15.6. The van der Waals surface area contributed by atoms with Gasteiger partial charge in [0.15, 0.2) is 11.5 Å². The first-order valence-corrected chi connectivity index (χ1v) is 16.4. The highest BCUT2D eigenvalue weighted by atomic mass is 32.1. The molecule has 2 N–H and O–H groups in total. The lowest BCUT2D eigenvalue weighted by atomic mass is 9.92. The molecule has 5 rings (SSSR count). The highest BCUT2D eigenvalue weighted by molar-refractivity contribution is 7.22. The number of aromatic nitrogens is 1. The predicted molar refractivity (Wildman–Crippen MR) is 192 cm³/mol. The largest absolute Gasteiger partial charge is 0.508 e. The van der Waals surface area contributed by atoms with E-state index in [1.54, 1.807) is 75.4 Å². The van der Waals surface area contributed by atoms with E-state index in [1.165, 1.54) is 23.5 Å². The number of hydrogen-bond acceptors (Lipinski definition) is 12. The molecule has 0 unspecified atom stereocenters. The molecule has 1 aromatic heterocycles. The van der Waals surface area contributed by atoms with Crippen LogP contribution in [0.15, 0.2) is 109 Å². The average molecular weight is 696 g/mol. The van der Waals surface area contributed by atoms with Crippen LogP contribution in [0.4, 0.5) is 5.13 Å². The quantitative estimate of drug-likeness (QED) is 0.0290. The number of thiazole rings is 1. The summed E-state index contributed by atoms with van der Waals surface area (Å²) in [6, 6.07) is 25.2. The number of benzene rings is 4. The van der Waals surface area contributed by atoms with Gasteiger partial charge in [-0.15, -0.1) is 0 Å². The lowest BCUT2D eigenvalue weighted by Crippen LogP contribution is -2.40. The van der Waals surface area contributed by atoms with Crippen molar-refractivity contribution in [3.05, 3.63) is 115 Å². The monoisotopic (exact) mass is 695 g/mol. The van der Waals surface area contributed by atoms with Gasteiger partial charge in [0.05, 0.1) is 21.5 Å². The molecule has 258 valence electrons. The van der Waals surface area contributed by atoms with Gasteiger partial charge in [0, 0.05) is 18.1 Å². The Hall–Kier alpha value is -5.88. The fraction of sp³-hybridized carbons (Fsp3) is 0.211. The standard InChI is InChI=1S/C38H37N3O8S/c1-7-34(43)47-38(5,6)23-37(3,4)46-27-16-12-25(13-17-27)35(44)45-29-20-21-32(49-48-28-18-14-26(42)15-19-28)30(22-29)24(2)40-41-36-39-31-10-8-9-11-33(31)50-36/h7-22,42H,1,23H2,2-6H3,(H,39,41)/b40-24+. The van der Waals surface area contributed by atoms with Crippen molar-refractivity contribution in [3.8, 4) is 28.7 Å². The molecule has 0 atom stereocenters. The first-order chi connectivity index (χ1) is 23.8. The molecule has 0 aliphatic carbocycles. The van der Waals surface area contributed by atoms with Gasteiger partial charge in [0.2, 0.25) is 5.13 Å². The summed E-state index contributed by atoms with van der Waals surface area (Å²) in [7, 11) is 0. The van der Waals surface area contributed by atoms with Crippen LogP contribution in [0.2, 0.25) is 0 Å². The molecule has 0 amide bonds. The van der Waals surface area contributed by atoms with Crippen molar-refractivity contribution in [3.63, 3.8) is 0 Å². The van der Waals surface area contributed by atoms with Gasteiger partial charge in [0.25, 0.3) is 0 Å². The smallest absolute Gasteiger partial charge is 0.343 e. The van der Waals surface area contributed by atoms with Crippen LogP contribution in [-0.2, 0) is 9.53 Å². The minimum absolute atomic E-state index is 0.0897. The molecule has 0 aliphatic rings. The molecular weight excluding hydrogens is 658 g/mol. The van der Waals surface area contributed by atoms with Crippen LogP contribution < -0.4 is 24.7 Å². The number of phenolic OH excluding ortho intramolecular Hbond substituents is 1. The van der Waals surface area contributed by atoms with Crippen LogP contribution in [0, 0.1) is 0 Å². The van der Waals surface area contributed by atoms with Crippen molar-refractivity contribution < 1.29 is 38.7 Å². The summed E-state index contributed by atoms with van der Waals surface area (Å²) in [5.74, 6) is 0.437. The third kappa shape index (κ3) is 9.60. The van der Waals surface area contributed by atoms with E-state index in [1.807, 2.05) is 38.1 Å². The number of carbonyl (C=O) groups excluding carboxylic acids is 2. The van der Waals surface area contributed by atoms with Crippen LogP contribution in [0.3, 0.4) is 0 Å². The van der Waals surface area contributed by atoms with Gasteiger partial charge in [-0.05, 0) is 113 Å². The van der Waals surface area contributed by atoms with Gasteiger partial charge < -0.3 is 19.3 Å². The molecule has 50 heavy (non-hydrogen) atoms. The summed E-state index contributed by atoms with van der Waals surface area (Å²) in [4.78, 5) is 40.6. The molecule has 0 saturated heterocycles. The Morgan fingerprint density at radius 2 is 1.58 bits per heavy atom. The van der Waals surface area contributed by atoms with Gasteiger partial charge in [-0.25, -0.2) is 14.6 Å². The van der Waals surface area contributed by atoms with Crippen LogP contribution in [0.25, 0.3) is 10.2 Å². The molecule has 1 heterocycles.